The molecule has 11 heteroatoms. The van der Waals surface area contributed by atoms with Gasteiger partial charge in [0, 0.05) is 23.7 Å². The van der Waals surface area contributed by atoms with Crippen LogP contribution >= 0.6 is 0 Å². The van der Waals surface area contributed by atoms with Crippen molar-refractivity contribution < 1.29 is 31.5 Å². The van der Waals surface area contributed by atoms with Crippen molar-refractivity contribution in [3.63, 3.8) is 0 Å². The van der Waals surface area contributed by atoms with Gasteiger partial charge >= 0.3 is 5.97 Å². The fourth-order valence-corrected chi connectivity index (χ4v) is 4.18. The highest BCUT2D eigenvalue weighted by atomic mass is 32.2. The lowest BCUT2D eigenvalue weighted by Crippen LogP contribution is -2.28. The molecular weight excluding hydrogens is 504 g/mol. The van der Waals surface area contributed by atoms with Crippen molar-refractivity contribution in [1.29, 1.82) is 0 Å². The molecule has 0 saturated heterocycles. The minimum absolute atomic E-state index is 0.0156. The van der Waals surface area contributed by atoms with Crippen LogP contribution in [0.5, 0.6) is 0 Å². The Morgan fingerprint density at radius 3 is 2.38 bits per heavy atom. The number of aromatic nitrogens is 2. The molecule has 3 aromatic rings. The molecule has 8 nitrogen and oxygen atoms in total. The number of anilines is 1. The Kier molecular flexibility index (Phi) is 7.37. The van der Waals surface area contributed by atoms with E-state index in [0.717, 1.165) is 16.6 Å². The average molecular weight is 530 g/mol. The Labute approximate surface area is 213 Å². The van der Waals surface area contributed by atoms with Gasteiger partial charge in [-0.2, -0.15) is 0 Å². The molecule has 2 aromatic carbocycles. The molecule has 0 bridgehead atoms. The van der Waals surface area contributed by atoms with Gasteiger partial charge in [0.25, 0.3) is 0 Å². The number of hydrogen-bond donors (Lipinski definition) is 0. The first-order chi connectivity index (χ1) is 17.5. The van der Waals surface area contributed by atoms with E-state index in [4.69, 9.17) is 9.47 Å². The highest BCUT2D eigenvalue weighted by Gasteiger charge is 2.27. The molecule has 4 rings (SSSR count). The van der Waals surface area contributed by atoms with Crippen LogP contribution in [0, 0.1) is 11.6 Å². The van der Waals surface area contributed by atoms with Gasteiger partial charge in [-0.15, -0.1) is 0 Å². The maximum Gasteiger partial charge on any atom is 0.344 e. The van der Waals surface area contributed by atoms with Gasteiger partial charge in [0.1, 0.15) is 17.4 Å². The van der Waals surface area contributed by atoms with Crippen molar-refractivity contribution >= 4 is 27.7 Å². The monoisotopic (exact) mass is 529 g/mol. The second kappa shape index (κ2) is 10.3. The van der Waals surface area contributed by atoms with Crippen LogP contribution < -0.4 is 4.31 Å². The van der Waals surface area contributed by atoms with Gasteiger partial charge in [0.15, 0.2) is 0 Å². The number of ether oxygens (including phenoxy) is 2. The normalized spacial score (nSPS) is 14.2. The number of halogens is 2. The van der Waals surface area contributed by atoms with E-state index in [1.54, 1.807) is 18.2 Å². The Bertz CT molecular complexity index is 1490. The molecule has 2 heterocycles. The quantitative estimate of drug-likeness (QED) is 0.309. The molecule has 0 fully saturated rings. The summed E-state index contributed by atoms with van der Waals surface area (Å²) in [5, 5.41) is 0. The van der Waals surface area contributed by atoms with Gasteiger partial charge in [0.2, 0.25) is 16.0 Å². The molecule has 0 N–H and O–H groups in total. The fraction of sp³-hybridized carbons (Fsp3) is 0.269. The lowest BCUT2D eigenvalue weighted by Gasteiger charge is -2.21. The van der Waals surface area contributed by atoms with Crippen LogP contribution in [0.2, 0.25) is 0 Å². The second-order valence-electron chi connectivity index (χ2n) is 8.79. The third-order valence-corrected chi connectivity index (χ3v) is 6.93. The van der Waals surface area contributed by atoms with E-state index in [9.17, 15) is 22.0 Å². The number of sulfonamides is 1. The summed E-state index contributed by atoms with van der Waals surface area (Å²) in [6.45, 7) is 3.89. The first-order valence-electron chi connectivity index (χ1n) is 11.4. The predicted molar refractivity (Wildman–Crippen MR) is 134 cm³/mol. The number of benzene rings is 2. The SMILES string of the molecule is CC(C)c1nc(N(C)S(C)(=O)=O)nc(-c2ccc(F)cc2)c1COC/C=C1\OC(=O)c2cc(F)ccc21. The first-order valence-corrected chi connectivity index (χ1v) is 13.2. The van der Waals surface area contributed by atoms with Crippen LogP contribution in [0.1, 0.15) is 46.9 Å². The summed E-state index contributed by atoms with van der Waals surface area (Å²) in [6, 6.07) is 9.50. The van der Waals surface area contributed by atoms with Crippen LogP contribution in [0.3, 0.4) is 0 Å². The number of rotatable bonds is 8. The van der Waals surface area contributed by atoms with Crippen molar-refractivity contribution in [2.24, 2.45) is 0 Å². The van der Waals surface area contributed by atoms with Crippen molar-refractivity contribution in [2.75, 3.05) is 24.2 Å². The molecule has 0 spiro atoms. The van der Waals surface area contributed by atoms with E-state index in [-0.39, 0.29) is 36.4 Å². The number of esters is 1. The second-order valence-corrected chi connectivity index (χ2v) is 10.8. The molecule has 1 aromatic heterocycles. The van der Waals surface area contributed by atoms with Crippen LogP contribution in [-0.4, -0.2) is 44.3 Å². The molecule has 1 aliphatic rings. The molecule has 0 saturated carbocycles. The number of hydrogen-bond acceptors (Lipinski definition) is 7. The zero-order valence-corrected chi connectivity index (χ0v) is 21.5. The molecule has 0 unspecified atom stereocenters. The molecule has 37 heavy (non-hydrogen) atoms. The molecular formula is C26H25F2N3O5S. The highest BCUT2D eigenvalue weighted by Crippen LogP contribution is 2.32. The predicted octanol–water partition coefficient (Wildman–Crippen LogP) is 4.67. The van der Waals surface area contributed by atoms with Crippen molar-refractivity contribution in [1.82, 2.24) is 9.97 Å². The lowest BCUT2D eigenvalue weighted by atomic mass is 9.99. The minimum atomic E-state index is -3.63. The van der Waals surface area contributed by atoms with Gasteiger partial charge in [0.05, 0.1) is 36.4 Å². The zero-order valence-electron chi connectivity index (χ0n) is 20.7. The summed E-state index contributed by atoms with van der Waals surface area (Å²) in [4.78, 5) is 21.0. The summed E-state index contributed by atoms with van der Waals surface area (Å²) in [7, 11) is -2.28. The molecule has 0 aliphatic carbocycles. The number of carbonyl (C=O) groups is 1. The average Bonchev–Trinajstić information content (AvgIpc) is 3.15. The van der Waals surface area contributed by atoms with Gasteiger partial charge in [-0.1, -0.05) is 13.8 Å². The minimum Gasteiger partial charge on any atom is -0.423 e. The molecule has 0 atom stereocenters. The van der Waals surface area contributed by atoms with Crippen LogP contribution in [0.15, 0.2) is 48.5 Å². The molecule has 1 aliphatic heterocycles. The summed E-state index contributed by atoms with van der Waals surface area (Å²) >= 11 is 0. The van der Waals surface area contributed by atoms with Crippen LogP contribution in [0.4, 0.5) is 14.7 Å². The fourth-order valence-electron chi connectivity index (χ4n) is 3.80. The first kappa shape index (κ1) is 26.4. The molecule has 0 radical (unpaired) electrons. The van der Waals surface area contributed by atoms with Gasteiger partial charge in [-0.25, -0.2) is 36.3 Å². The Morgan fingerprint density at radius 2 is 1.73 bits per heavy atom. The van der Waals surface area contributed by atoms with E-state index in [1.165, 1.54) is 31.3 Å². The van der Waals surface area contributed by atoms with E-state index < -0.39 is 27.6 Å². The van der Waals surface area contributed by atoms with E-state index in [0.29, 0.717) is 28.1 Å². The standard InChI is InChI=1S/C26H25F2N3O5S/c1-15(2)23-21(14-35-12-11-22-19-10-9-18(28)13-20(19)25(32)36-22)24(16-5-7-17(27)8-6-16)30-26(29-23)31(3)37(4,33)34/h5-11,13,15H,12,14H2,1-4H3/b22-11-. The molecule has 194 valence electrons. The highest BCUT2D eigenvalue weighted by molar-refractivity contribution is 7.92. The largest absolute Gasteiger partial charge is 0.423 e. The number of carbonyl (C=O) groups excluding carboxylic acids is 1. The van der Waals surface area contributed by atoms with Crippen molar-refractivity contribution in [2.45, 2.75) is 26.4 Å². The summed E-state index contributed by atoms with van der Waals surface area (Å²) in [6.07, 6.45) is 2.62. The Hall–Kier alpha value is -3.70. The Morgan fingerprint density at radius 1 is 1.05 bits per heavy atom. The van der Waals surface area contributed by atoms with Crippen LogP contribution in [-0.2, 0) is 26.1 Å². The number of cyclic esters (lactones) is 1. The smallest absolute Gasteiger partial charge is 0.344 e. The third kappa shape index (κ3) is 5.67. The van der Waals surface area contributed by atoms with Crippen molar-refractivity contribution in [3.05, 3.63) is 82.6 Å². The van der Waals surface area contributed by atoms with E-state index >= 15 is 0 Å². The maximum absolute atomic E-state index is 13.6. The summed E-state index contributed by atoms with van der Waals surface area (Å²) < 4.78 is 63.5. The van der Waals surface area contributed by atoms with Crippen molar-refractivity contribution in [3.8, 4) is 11.3 Å². The van der Waals surface area contributed by atoms with Crippen LogP contribution in [0.25, 0.3) is 17.0 Å². The van der Waals surface area contributed by atoms with Gasteiger partial charge in [-0.3, -0.25) is 0 Å². The number of fused-ring (bicyclic) bond motifs is 1. The third-order valence-electron chi connectivity index (χ3n) is 5.77. The Balaban J connectivity index is 1.67. The summed E-state index contributed by atoms with van der Waals surface area (Å²) in [5.41, 5.74) is 2.76. The topological polar surface area (TPSA) is 98.7 Å². The van der Waals surface area contributed by atoms with E-state index in [1.807, 2.05) is 13.8 Å². The van der Waals surface area contributed by atoms with E-state index in [2.05, 4.69) is 9.97 Å². The number of nitrogens with zero attached hydrogens (tertiary/aromatic N) is 3. The maximum atomic E-state index is 13.6. The van der Waals surface area contributed by atoms with Gasteiger partial charge in [-0.05, 0) is 54.5 Å². The van der Waals surface area contributed by atoms with Gasteiger partial charge < -0.3 is 9.47 Å². The summed E-state index contributed by atoms with van der Waals surface area (Å²) in [5.74, 6) is -1.47. The molecule has 0 amide bonds. The zero-order chi connectivity index (χ0) is 26.9. The lowest BCUT2D eigenvalue weighted by molar-refractivity contribution is 0.0712.